The summed E-state index contributed by atoms with van der Waals surface area (Å²) in [5.74, 6) is -1.13. The quantitative estimate of drug-likeness (QED) is 0.0482. The van der Waals surface area contributed by atoms with Crippen molar-refractivity contribution < 1.29 is 113 Å². The van der Waals surface area contributed by atoms with Gasteiger partial charge in [-0.2, -0.15) is 0 Å². The molecule has 0 aromatic heterocycles. The number of carbonyl (C=O) groups is 2. The molecule has 1 aliphatic rings. The van der Waals surface area contributed by atoms with Crippen LogP contribution >= 0.6 is 47.8 Å². The minimum absolute atomic E-state index is 0. The fourth-order valence-corrected chi connectivity index (χ4v) is 0.831. The van der Waals surface area contributed by atoms with Gasteiger partial charge in [0.05, 0.1) is 28.8 Å². The molecule has 1 aliphatic heterocycles. The van der Waals surface area contributed by atoms with E-state index < -0.39 is 114 Å². The van der Waals surface area contributed by atoms with Crippen LogP contribution in [0.15, 0.2) is 5.11 Å². The van der Waals surface area contributed by atoms with E-state index in [0.717, 1.165) is 20.1 Å². The van der Waals surface area contributed by atoms with Crippen LogP contribution in [-0.2, 0) is 23.8 Å². The van der Waals surface area contributed by atoms with Crippen molar-refractivity contribution in [3.05, 3.63) is 26.4 Å². The number of alkyl halides is 3. The molecular formula is C25H53Br3FN6NaO7. The van der Waals surface area contributed by atoms with Crippen LogP contribution in [0.1, 0.15) is 124 Å². The van der Waals surface area contributed by atoms with E-state index in [9.17, 15) is 14.0 Å². The van der Waals surface area contributed by atoms with Crippen LogP contribution in [0.3, 0.4) is 0 Å². The predicted molar refractivity (Wildman–Crippen MR) is 179 cm³/mol. The molecule has 0 unspecified atom stereocenters. The zero-order chi connectivity index (χ0) is 63.5. The molecule has 0 aromatic rings. The molecule has 1 fully saturated rings. The maximum absolute atomic E-state index is 10.6. The molecule has 0 radical (unpaired) electrons. The molecule has 2 N–H and O–H groups in total. The van der Waals surface area contributed by atoms with Crippen molar-refractivity contribution in [3.63, 3.8) is 0 Å². The number of rotatable bonds is 13. The Kier molecular flexibility index (Phi) is 29.9. The molecule has 18 heteroatoms. The van der Waals surface area contributed by atoms with Gasteiger partial charge in [0.1, 0.15) is 0 Å². The van der Waals surface area contributed by atoms with Gasteiger partial charge in [0, 0.05) is 105 Å². The summed E-state index contributed by atoms with van der Waals surface area (Å²) >= 11 is 7.21. The maximum Gasteiger partial charge on any atom is 1.00 e. The summed E-state index contributed by atoms with van der Waals surface area (Å²) in [6.45, 7) is -11.7. The molecule has 1 heterocycles. The number of ether oxygens (including phenoxy) is 3. The molecular weight excluding hydrogens is 778 g/mol. The normalized spacial score (nSPS) is 29.4. The third-order valence-electron chi connectivity index (χ3n) is 1.47. The Morgan fingerprint density at radius 1 is 1.00 bits per heavy atom. The third kappa shape index (κ3) is 152. The minimum atomic E-state index is -3.63. The van der Waals surface area contributed by atoms with Gasteiger partial charge >= 0.3 is 35.5 Å². The second kappa shape index (κ2) is 78.4. The summed E-state index contributed by atoms with van der Waals surface area (Å²) in [4.78, 5) is 23.5. The first-order valence-corrected chi connectivity index (χ1v) is 11.9. The van der Waals surface area contributed by atoms with E-state index in [0.29, 0.717) is 0 Å². The first-order chi connectivity index (χ1) is 32.2. The van der Waals surface area contributed by atoms with Crippen molar-refractivity contribution in [1.82, 2.24) is 0 Å². The van der Waals surface area contributed by atoms with Crippen molar-refractivity contribution in [1.29, 1.82) is 0 Å². The van der Waals surface area contributed by atoms with Gasteiger partial charge in [-0.3, -0.25) is 18.9 Å². The fourth-order valence-electron chi connectivity index (χ4n) is 0.633. The molecule has 0 aliphatic carbocycles. The van der Waals surface area contributed by atoms with Crippen LogP contribution in [0.25, 0.3) is 26.4 Å². The number of hydrogen-bond donors (Lipinski definition) is 2. The number of aliphatic hydroxyl groups is 2. The van der Waals surface area contributed by atoms with Crippen LogP contribution in [0.2, 0.25) is 0 Å². The average molecular weight is 865 g/mol. The zero-order valence-corrected chi connectivity index (χ0v) is 30.0. The monoisotopic (exact) mass is 861 g/mol. The number of nitrogens with zero attached hydrogens (tertiary/aromatic N) is 6. The number of esters is 1. The van der Waals surface area contributed by atoms with E-state index in [1.807, 2.05) is 18.8 Å². The van der Waals surface area contributed by atoms with Gasteiger partial charge in [-0.1, -0.05) is 37.0 Å². The Bertz CT molecular complexity index is 1780. The van der Waals surface area contributed by atoms with E-state index in [-0.39, 0.29) is 34.2 Å². The largest absolute Gasteiger partial charge is 1.00 e. The second-order valence-electron chi connectivity index (χ2n) is 4.06. The van der Waals surface area contributed by atoms with Crippen LogP contribution in [0, 0.1) is 0 Å². The molecule has 254 valence electrons. The van der Waals surface area contributed by atoms with Gasteiger partial charge in [-0.25, -0.2) is 0 Å². The molecule has 0 aromatic carbocycles. The Morgan fingerprint density at radius 3 is 1.63 bits per heavy atom. The van der Waals surface area contributed by atoms with E-state index in [2.05, 4.69) is 62.4 Å². The Balaban J connectivity index is -0.000000124. The summed E-state index contributed by atoms with van der Waals surface area (Å²) in [5.41, 5.74) is 21.5. The number of halogens is 4. The number of carbonyl (C=O) groups excluding carboxylic acids is 2. The van der Waals surface area contributed by atoms with Crippen LogP contribution in [0.4, 0.5) is 4.39 Å². The standard InChI is InChI=1S/C6H11BrO2.C4H9BrO.C4H9N3O.C4H8O.C4H10O.C2H3BrO.CH3F.N3.Na/c1-6(8)9-5-3-2-4-7;5-3-1-2-4-6;5-7-6-3-1-2-4-8;1-2-4-5-3-1;1-3-5-4-2;1-2(3)4;1-2;1-3-2;/h2-5H2,1H3;6H,1-4H2;8H,1-4H2;1-4H2;3-4H2,1-2H3;1H3;1H3;;/q;;;;;;;-1;+1/i2D2,3D2,4D2,5D2;3*1D2,2D2,3D2,4D2;;;1D;;. The first-order valence-electron chi connectivity index (χ1n) is 26.2. The fraction of sp³-hybridized carbons (Fsp3) is 0.920. The summed E-state index contributed by atoms with van der Waals surface area (Å²) in [5, 5.41) is 14.4. The summed E-state index contributed by atoms with van der Waals surface area (Å²) < 4.78 is 254. The van der Waals surface area contributed by atoms with Gasteiger partial charge in [0.25, 0.3) is 0 Å². The SMILES string of the molecule is CC(=O)Br.CCOCC.[2H]C([2H])(Br)C([2H])([2H])C([2H])([2H])C([2H])([2H])OC(C)=O.[2H]C([2H])(O)C([2H])([2H])C([2H])([2H])C([2H])([2H])Br.[2H]C([2H])(O)C([2H])([2H])C([2H])([2H])C([2H])([2H])N=[N+]=[N-].[2H]C1([2H])OC([2H])([2H])C([2H])([2H])C1([2H])[2H].[2H]CF.[N-]=[N+]=[N-].[Na+]. The third-order valence-corrected chi connectivity index (χ3v) is 1.86. The molecule has 1 rings (SSSR count). The molecule has 13 nitrogen and oxygen atoms in total. The van der Waals surface area contributed by atoms with Crippen LogP contribution < -0.4 is 29.6 Å². The van der Waals surface area contributed by atoms with Gasteiger partial charge in [-0.15, -0.1) is 0 Å². The molecule has 0 spiro atoms. The summed E-state index contributed by atoms with van der Waals surface area (Å²) in [6.07, 6.45) is -26.4. The minimum Gasteiger partial charge on any atom is -0.466 e. The Morgan fingerprint density at radius 2 is 1.40 bits per heavy atom. The van der Waals surface area contributed by atoms with Gasteiger partial charge in [0.2, 0.25) is 0 Å². The van der Waals surface area contributed by atoms with E-state index >= 15 is 0 Å². The average Bonchev–Trinajstić information content (AvgIpc) is 3.22. The molecule has 0 amide bonds. The van der Waals surface area contributed by atoms with Crippen LogP contribution in [0.5, 0.6) is 0 Å². The molecule has 0 atom stereocenters. The van der Waals surface area contributed by atoms with Crippen molar-refractivity contribution in [2.75, 3.05) is 70.2 Å². The van der Waals surface area contributed by atoms with Crippen molar-refractivity contribution in [2.45, 2.75) is 78.7 Å². The van der Waals surface area contributed by atoms with E-state index in [1.165, 1.54) is 11.8 Å². The number of azide groups is 1. The van der Waals surface area contributed by atoms with Crippen molar-refractivity contribution >= 4 is 58.5 Å². The first kappa shape index (κ1) is 16.4. The topological polar surface area (TPSA) is 210 Å². The van der Waals surface area contributed by atoms with E-state index in [1.54, 1.807) is 0 Å². The second-order valence-corrected chi connectivity index (χ2v) is 5.97. The van der Waals surface area contributed by atoms with Crippen molar-refractivity contribution in [2.24, 2.45) is 5.11 Å². The Hall–Kier alpha value is -0.0300. The van der Waals surface area contributed by atoms with Crippen molar-refractivity contribution in [3.8, 4) is 0 Å². The van der Waals surface area contributed by atoms with E-state index in [4.69, 9.17) is 76.8 Å². The smallest absolute Gasteiger partial charge is 0.466 e. The Labute approximate surface area is 351 Å². The number of hydrogen-bond acceptors (Lipinski definition) is 8. The molecule has 0 bridgehead atoms. The van der Waals surface area contributed by atoms with Gasteiger partial charge in [-0.05, 0) is 86.3 Å². The van der Waals surface area contributed by atoms with Crippen LogP contribution in [-0.4, -0.2) is 91.1 Å². The molecule has 1 saturated heterocycles. The summed E-state index contributed by atoms with van der Waals surface area (Å²) in [7, 11) is -1.00. The maximum atomic E-state index is 10.6. The zero-order valence-electron chi connectivity index (χ0n) is 56.3. The van der Waals surface area contributed by atoms with Gasteiger partial charge < -0.3 is 35.5 Å². The molecule has 0 saturated carbocycles. The summed E-state index contributed by atoms with van der Waals surface area (Å²) in [6, 6.07) is 0. The predicted octanol–water partition coefficient (Wildman–Crippen LogP) is 5.17. The van der Waals surface area contributed by atoms with Gasteiger partial charge in [0.15, 0.2) is 4.69 Å². The molecule has 43 heavy (non-hydrogen) atoms.